The standard InChI is InChI=1S/C26H35F5O.C25H35F3.C19H27Cl.C14H15F5O.9H2/c1-16-2-4-17(5-3-16)18-6-8-19(9-7-18)20-10-12-21(13-11-20)26(30,31)32-22-14-23(27)25(29)24(28)15-22;1-16-2-4-17(5-3-16)18-6-8-19(9-7-18)20-10-12-21(13-11-20)22-14-23(26)25(28)24(27)15-22;1-14-2-4-15(5-3-14)16-6-8-17(9-7-16)18-10-12-19(20)13-11-18;1-8-2-4-9(5-3-8)14(18,19)20-10-6-11(15)13(17)12(16)7-10;;;;;;;;;/h14-21H,2-13H2,1H3;14-21H,2-13H2,1H3;10-17H,2-9H2,1H3;6-9H,2-5H2,1H3;9*1H. The Morgan fingerprint density at radius 3 is 0.750 bits per heavy atom. The highest BCUT2D eigenvalue weighted by atomic mass is 35.5. The number of ether oxygens (including phenoxy) is 2. The Morgan fingerprint density at radius 1 is 0.280 bits per heavy atom. The van der Waals surface area contributed by atoms with Crippen molar-refractivity contribution in [2.75, 3.05) is 0 Å². The number of benzene rings is 4. The molecule has 9 saturated carbocycles. The molecule has 9 aliphatic rings. The van der Waals surface area contributed by atoms with Crippen LogP contribution in [0.1, 0.15) is 295 Å². The Kier molecular flexibility index (Phi) is 28.4. The van der Waals surface area contributed by atoms with Crippen molar-refractivity contribution in [3.05, 3.63) is 129 Å². The van der Waals surface area contributed by atoms with Gasteiger partial charge in [-0.25, -0.2) is 39.5 Å². The molecule has 100 heavy (non-hydrogen) atoms. The zero-order valence-corrected chi connectivity index (χ0v) is 60.5. The molecule has 0 heterocycles. The van der Waals surface area contributed by atoms with Crippen molar-refractivity contribution in [3.8, 4) is 11.5 Å². The normalized spacial score (nSPS) is 33.1. The van der Waals surface area contributed by atoms with Gasteiger partial charge in [-0.05, 0) is 310 Å². The molecule has 0 aliphatic heterocycles. The highest BCUT2D eigenvalue weighted by Crippen LogP contribution is 2.51. The maximum Gasteiger partial charge on any atom is 0.400 e. The molecule has 16 heteroatoms. The van der Waals surface area contributed by atoms with Crippen LogP contribution in [0.5, 0.6) is 11.5 Å². The van der Waals surface area contributed by atoms with Gasteiger partial charge >= 0.3 is 12.2 Å². The van der Waals surface area contributed by atoms with Crippen LogP contribution in [0, 0.1) is 147 Å². The van der Waals surface area contributed by atoms with E-state index in [1.54, 1.807) is 0 Å². The fourth-order valence-corrected chi connectivity index (χ4v) is 20.2. The van der Waals surface area contributed by atoms with Crippen LogP contribution in [0.15, 0.2) is 60.7 Å². The molecule has 0 bridgehead atoms. The van der Waals surface area contributed by atoms with Crippen LogP contribution in [0.4, 0.5) is 57.1 Å². The summed E-state index contributed by atoms with van der Waals surface area (Å²) in [5.74, 6) is -3.72. The van der Waals surface area contributed by atoms with E-state index in [-0.39, 0.29) is 18.8 Å². The molecular weight excluding hydrogens is 1320 g/mol. The van der Waals surface area contributed by atoms with Crippen LogP contribution in [-0.4, -0.2) is 12.2 Å². The van der Waals surface area contributed by atoms with Gasteiger partial charge in [0.25, 0.3) is 0 Å². The summed E-state index contributed by atoms with van der Waals surface area (Å²) in [7, 11) is 0. The number of halogens is 14. The molecule has 9 aliphatic carbocycles. The van der Waals surface area contributed by atoms with Crippen molar-refractivity contribution in [1.82, 2.24) is 0 Å². The van der Waals surface area contributed by atoms with Gasteiger partial charge < -0.3 is 9.47 Å². The van der Waals surface area contributed by atoms with E-state index < -0.39 is 87.9 Å². The second-order valence-corrected chi connectivity index (χ2v) is 33.7. The predicted octanol–water partition coefficient (Wildman–Crippen LogP) is 30.1. The number of hydrogen-bond donors (Lipinski definition) is 0. The summed E-state index contributed by atoms with van der Waals surface area (Å²) in [4.78, 5) is 0. The quantitative estimate of drug-likeness (QED) is 0.0981. The fourth-order valence-electron chi connectivity index (χ4n) is 20.0. The molecule has 13 rings (SSSR count). The molecule has 0 amide bonds. The molecule has 0 atom stereocenters. The second kappa shape index (κ2) is 36.2. The summed E-state index contributed by atoms with van der Waals surface area (Å²) in [6.45, 7) is 9.17. The zero-order valence-electron chi connectivity index (χ0n) is 59.7. The van der Waals surface area contributed by atoms with Crippen LogP contribution in [0.2, 0.25) is 5.02 Å². The molecule has 4 aromatic carbocycles. The minimum Gasteiger partial charge on any atom is -0.432 e. The van der Waals surface area contributed by atoms with Gasteiger partial charge in [-0.2, -0.15) is 17.6 Å². The first-order valence-corrected chi connectivity index (χ1v) is 39.5. The highest BCUT2D eigenvalue weighted by molar-refractivity contribution is 6.30. The first-order chi connectivity index (χ1) is 47.7. The molecule has 9 fully saturated rings. The minimum absolute atomic E-state index is 0. The van der Waals surface area contributed by atoms with Gasteiger partial charge in [0.1, 0.15) is 11.5 Å². The molecule has 4 aromatic rings. The topological polar surface area (TPSA) is 18.5 Å². The monoisotopic (exact) mass is 1450 g/mol. The fraction of sp³-hybridized carbons (Fsp3) is 0.714. The largest absolute Gasteiger partial charge is 0.432 e. The van der Waals surface area contributed by atoms with Crippen molar-refractivity contribution in [2.45, 2.75) is 283 Å². The van der Waals surface area contributed by atoms with Crippen molar-refractivity contribution in [1.29, 1.82) is 0 Å². The Labute approximate surface area is 607 Å². The van der Waals surface area contributed by atoms with Crippen LogP contribution in [0.25, 0.3) is 0 Å². The predicted molar refractivity (Wildman–Crippen MR) is 391 cm³/mol. The summed E-state index contributed by atoms with van der Waals surface area (Å²) in [6, 6.07) is 12.8. The van der Waals surface area contributed by atoms with Gasteiger partial charge in [0.05, 0.1) is 11.8 Å². The maximum absolute atomic E-state index is 14.7. The lowest BCUT2D eigenvalue weighted by Crippen LogP contribution is -2.38. The van der Waals surface area contributed by atoms with Crippen molar-refractivity contribution < 1.29 is 79.4 Å². The third-order valence-electron chi connectivity index (χ3n) is 26.7. The lowest BCUT2D eigenvalue weighted by molar-refractivity contribution is -0.224. The van der Waals surface area contributed by atoms with Crippen LogP contribution < -0.4 is 9.47 Å². The van der Waals surface area contributed by atoms with Gasteiger partial charge in [0.2, 0.25) is 0 Å². The first-order valence-electron chi connectivity index (χ1n) is 39.1. The number of hydrogen-bond acceptors (Lipinski definition) is 2. The van der Waals surface area contributed by atoms with E-state index in [2.05, 4.69) is 42.4 Å². The van der Waals surface area contributed by atoms with Gasteiger partial charge in [0.15, 0.2) is 52.4 Å². The van der Waals surface area contributed by atoms with Gasteiger partial charge in [0, 0.05) is 42.1 Å². The summed E-state index contributed by atoms with van der Waals surface area (Å²) in [6.07, 6.45) is 34.7. The zero-order chi connectivity index (χ0) is 71.4. The van der Waals surface area contributed by atoms with Gasteiger partial charge in [-0.1, -0.05) is 103 Å². The molecule has 0 spiro atoms. The lowest BCUT2D eigenvalue weighted by Gasteiger charge is -2.41. The van der Waals surface area contributed by atoms with E-state index in [9.17, 15) is 57.1 Å². The summed E-state index contributed by atoms with van der Waals surface area (Å²) >= 11 is 5.99. The maximum atomic E-state index is 14.7. The highest BCUT2D eigenvalue weighted by Gasteiger charge is 2.47. The Hall–Kier alpha value is -4.14. The van der Waals surface area contributed by atoms with E-state index in [0.29, 0.717) is 86.1 Å². The lowest BCUT2D eigenvalue weighted by atomic mass is 9.65. The average molecular weight is 1450 g/mol. The van der Waals surface area contributed by atoms with Crippen molar-refractivity contribution in [2.24, 2.45) is 94.7 Å². The third-order valence-corrected chi connectivity index (χ3v) is 26.9. The van der Waals surface area contributed by atoms with Crippen LogP contribution in [-0.2, 0) is 0 Å². The Bertz CT molecular complexity index is 3100. The second-order valence-electron chi connectivity index (χ2n) is 33.3. The number of alkyl halides is 4. The molecule has 2 nitrogen and oxygen atoms in total. The molecule has 576 valence electrons. The molecule has 0 unspecified atom stereocenters. The molecule has 0 N–H and O–H groups in total. The Morgan fingerprint density at radius 2 is 0.480 bits per heavy atom. The van der Waals surface area contributed by atoms with Gasteiger partial charge in [-0.15, -0.1) is 0 Å². The van der Waals surface area contributed by atoms with E-state index >= 15 is 0 Å². The SMILES string of the molecule is CC1CCC(C(F)(F)Oc2cc(F)c(F)c(F)c2)CC1.CC1CCC(C2CCC(C3CCC(C(F)(F)Oc4cc(F)c(F)c(F)c4)CC3)CC2)CC1.CC1CCC(C2CCC(C3CCC(c4cc(F)c(F)c(F)c4)CC3)CC2)CC1.CC1CCC(C2CCC(c3ccc(Cl)cc3)CC2)CC1.[HH].[HH].[HH].[HH].[HH].[HH].[HH].[HH].[HH]. The van der Waals surface area contributed by atoms with E-state index in [4.69, 9.17) is 11.6 Å². The van der Waals surface area contributed by atoms with Gasteiger partial charge in [-0.3, -0.25) is 0 Å². The van der Waals surface area contributed by atoms with E-state index in [0.717, 1.165) is 115 Å². The van der Waals surface area contributed by atoms with E-state index in [1.807, 2.05) is 19.1 Å². The Balaban J connectivity index is 0.000000720. The molecular formula is C84H130ClF13O2. The van der Waals surface area contributed by atoms with E-state index in [1.165, 1.54) is 172 Å². The summed E-state index contributed by atoms with van der Waals surface area (Å²) in [5, 5.41) is 0.860. The summed E-state index contributed by atoms with van der Waals surface area (Å²) < 4.78 is 185. The third kappa shape index (κ3) is 21.5. The molecule has 0 saturated heterocycles. The smallest absolute Gasteiger partial charge is 0.400 e. The minimum atomic E-state index is -3.53. The number of rotatable bonds is 13. The molecule has 0 aromatic heterocycles. The first kappa shape index (κ1) is 78.4. The van der Waals surface area contributed by atoms with Crippen molar-refractivity contribution >= 4 is 11.6 Å². The molecule has 0 radical (unpaired) electrons. The van der Waals surface area contributed by atoms with Crippen LogP contribution in [0.3, 0.4) is 0 Å². The van der Waals surface area contributed by atoms with Crippen LogP contribution >= 0.6 is 11.6 Å². The van der Waals surface area contributed by atoms with Crippen molar-refractivity contribution in [3.63, 3.8) is 0 Å². The summed E-state index contributed by atoms with van der Waals surface area (Å²) in [5.41, 5.74) is 2.15. The average Bonchev–Trinajstić information content (AvgIpc) is 0.801.